The highest BCUT2D eigenvalue weighted by Crippen LogP contribution is 1.95. The Morgan fingerprint density at radius 3 is 2.86 bits per heavy atom. The maximum absolute atomic E-state index is 11.4. The summed E-state index contributed by atoms with van der Waals surface area (Å²) in [6.45, 7) is 1.30. The number of carbonyl (C=O) groups is 1. The monoisotopic (exact) mass is 194 g/mol. The van der Waals surface area contributed by atoms with E-state index in [1.807, 2.05) is 0 Å². The van der Waals surface area contributed by atoms with Crippen molar-refractivity contribution in [1.29, 1.82) is 0 Å². The number of carbonyl (C=O) groups excluding carboxylic acids is 1. The molecule has 14 heavy (non-hydrogen) atoms. The van der Waals surface area contributed by atoms with E-state index in [0.29, 0.717) is 18.7 Å². The number of amides is 1. The highest BCUT2D eigenvalue weighted by atomic mass is 16.5. The van der Waals surface area contributed by atoms with Gasteiger partial charge in [-0.05, 0) is 18.6 Å². The SMILES string of the molecule is COCCCNC(=O)c1ccncc1. The van der Waals surface area contributed by atoms with Crippen LogP contribution in [0.25, 0.3) is 0 Å². The first-order chi connectivity index (χ1) is 6.84. The van der Waals surface area contributed by atoms with Crippen molar-refractivity contribution < 1.29 is 9.53 Å². The number of methoxy groups -OCH3 is 1. The van der Waals surface area contributed by atoms with E-state index in [-0.39, 0.29) is 5.91 Å². The first kappa shape index (κ1) is 10.7. The standard InChI is InChI=1S/C10H14N2O2/c1-14-8-2-5-12-10(13)9-3-6-11-7-4-9/h3-4,6-7H,2,5,8H2,1H3,(H,12,13). The Labute approximate surface area is 83.3 Å². The fourth-order valence-electron chi connectivity index (χ4n) is 1.02. The van der Waals surface area contributed by atoms with E-state index in [4.69, 9.17) is 4.74 Å². The molecule has 0 aliphatic heterocycles. The van der Waals surface area contributed by atoms with Gasteiger partial charge in [-0.2, -0.15) is 0 Å². The van der Waals surface area contributed by atoms with Crippen LogP contribution in [0.3, 0.4) is 0 Å². The van der Waals surface area contributed by atoms with Crippen LogP contribution in [0.5, 0.6) is 0 Å². The molecule has 0 spiro atoms. The zero-order valence-corrected chi connectivity index (χ0v) is 8.19. The quantitative estimate of drug-likeness (QED) is 0.707. The van der Waals surface area contributed by atoms with Crippen LogP contribution >= 0.6 is 0 Å². The molecule has 0 bridgehead atoms. The third-order valence-corrected chi connectivity index (χ3v) is 1.75. The van der Waals surface area contributed by atoms with Gasteiger partial charge in [0.25, 0.3) is 5.91 Å². The summed E-state index contributed by atoms with van der Waals surface area (Å²) >= 11 is 0. The molecule has 0 saturated heterocycles. The Morgan fingerprint density at radius 1 is 1.50 bits per heavy atom. The molecular weight excluding hydrogens is 180 g/mol. The Hall–Kier alpha value is -1.42. The van der Waals surface area contributed by atoms with Crippen molar-refractivity contribution in [2.75, 3.05) is 20.3 Å². The van der Waals surface area contributed by atoms with Crippen molar-refractivity contribution in [3.05, 3.63) is 30.1 Å². The average Bonchev–Trinajstić information content (AvgIpc) is 2.25. The molecule has 1 rings (SSSR count). The summed E-state index contributed by atoms with van der Waals surface area (Å²) in [5.74, 6) is -0.0662. The van der Waals surface area contributed by atoms with Gasteiger partial charge in [-0.3, -0.25) is 9.78 Å². The van der Waals surface area contributed by atoms with Crippen molar-refractivity contribution in [2.24, 2.45) is 0 Å². The number of pyridine rings is 1. The van der Waals surface area contributed by atoms with Gasteiger partial charge in [-0.1, -0.05) is 0 Å². The van der Waals surface area contributed by atoms with Crippen LogP contribution < -0.4 is 5.32 Å². The van der Waals surface area contributed by atoms with Crippen molar-refractivity contribution in [3.8, 4) is 0 Å². The summed E-state index contributed by atoms with van der Waals surface area (Å²) in [5.41, 5.74) is 0.636. The molecule has 0 atom stereocenters. The van der Waals surface area contributed by atoms with E-state index in [9.17, 15) is 4.79 Å². The maximum Gasteiger partial charge on any atom is 0.251 e. The normalized spacial score (nSPS) is 9.79. The lowest BCUT2D eigenvalue weighted by Crippen LogP contribution is -2.25. The van der Waals surface area contributed by atoms with Crippen LogP contribution in [0.2, 0.25) is 0 Å². The second kappa shape index (κ2) is 6.10. The minimum absolute atomic E-state index is 0.0662. The lowest BCUT2D eigenvalue weighted by Gasteiger charge is -2.03. The van der Waals surface area contributed by atoms with Gasteiger partial charge in [0.15, 0.2) is 0 Å². The molecule has 0 radical (unpaired) electrons. The molecule has 1 heterocycles. The van der Waals surface area contributed by atoms with Gasteiger partial charge in [0.05, 0.1) is 0 Å². The topological polar surface area (TPSA) is 51.2 Å². The van der Waals surface area contributed by atoms with Crippen molar-refractivity contribution in [3.63, 3.8) is 0 Å². The molecule has 1 N–H and O–H groups in total. The zero-order chi connectivity index (χ0) is 10.2. The molecule has 1 amide bonds. The number of nitrogens with one attached hydrogen (secondary N) is 1. The molecule has 0 aliphatic carbocycles. The molecule has 4 nitrogen and oxygen atoms in total. The van der Waals surface area contributed by atoms with Gasteiger partial charge in [0, 0.05) is 38.2 Å². The first-order valence-corrected chi connectivity index (χ1v) is 4.52. The van der Waals surface area contributed by atoms with Gasteiger partial charge in [0.1, 0.15) is 0 Å². The van der Waals surface area contributed by atoms with E-state index in [0.717, 1.165) is 6.42 Å². The largest absolute Gasteiger partial charge is 0.385 e. The second-order valence-electron chi connectivity index (χ2n) is 2.84. The lowest BCUT2D eigenvalue weighted by atomic mass is 10.2. The minimum atomic E-state index is -0.0662. The van der Waals surface area contributed by atoms with Crippen LogP contribution in [-0.4, -0.2) is 31.2 Å². The third kappa shape index (κ3) is 3.53. The number of rotatable bonds is 5. The zero-order valence-electron chi connectivity index (χ0n) is 8.19. The first-order valence-electron chi connectivity index (χ1n) is 4.52. The number of nitrogens with zero attached hydrogens (tertiary/aromatic N) is 1. The van der Waals surface area contributed by atoms with Crippen LogP contribution in [-0.2, 0) is 4.74 Å². The van der Waals surface area contributed by atoms with Gasteiger partial charge in [0.2, 0.25) is 0 Å². The molecule has 0 aliphatic rings. The highest BCUT2D eigenvalue weighted by Gasteiger charge is 2.02. The molecule has 0 fully saturated rings. The van der Waals surface area contributed by atoms with Crippen LogP contribution in [0.1, 0.15) is 16.8 Å². The maximum atomic E-state index is 11.4. The Kier molecular flexibility index (Phi) is 4.64. The molecule has 76 valence electrons. The van der Waals surface area contributed by atoms with E-state index in [1.54, 1.807) is 31.6 Å². The van der Waals surface area contributed by atoms with Gasteiger partial charge in [-0.25, -0.2) is 0 Å². The molecule has 4 heteroatoms. The third-order valence-electron chi connectivity index (χ3n) is 1.75. The Balaban J connectivity index is 2.29. The van der Waals surface area contributed by atoms with Crippen molar-refractivity contribution in [1.82, 2.24) is 10.3 Å². The minimum Gasteiger partial charge on any atom is -0.385 e. The molecule has 0 aromatic carbocycles. The van der Waals surface area contributed by atoms with E-state index in [1.165, 1.54) is 0 Å². The van der Waals surface area contributed by atoms with Gasteiger partial charge >= 0.3 is 0 Å². The number of hydrogen-bond acceptors (Lipinski definition) is 3. The van der Waals surface area contributed by atoms with Gasteiger partial charge in [-0.15, -0.1) is 0 Å². The summed E-state index contributed by atoms with van der Waals surface area (Å²) in [6, 6.07) is 3.37. The van der Waals surface area contributed by atoms with E-state index >= 15 is 0 Å². The smallest absolute Gasteiger partial charge is 0.251 e. The van der Waals surface area contributed by atoms with Crippen LogP contribution in [0.4, 0.5) is 0 Å². The summed E-state index contributed by atoms with van der Waals surface area (Å²) in [4.78, 5) is 15.3. The van der Waals surface area contributed by atoms with Crippen LogP contribution in [0, 0.1) is 0 Å². The van der Waals surface area contributed by atoms with Crippen molar-refractivity contribution >= 4 is 5.91 Å². The number of ether oxygens (including phenoxy) is 1. The molecule has 1 aromatic rings. The molecule has 1 aromatic heterocycles. The fraction of sp³-hybridized carbons (Fsp3) is 0.400. The Morgan fingerprint density at radius 2 is 2.21 bits per heavy atom. The van der Waals surface area contributed by atoms with Gasteiger partial charge < -0.3 is 10.1 Å². The average molecular weight is 194 g/mol. The summed E-state index contributed by atoms with van der Waals surface area (Å²) in [6.07, 6.45) is 4.03. The summed E-state index contributed by atoms with van der Waals surface area (Å²) in [5, 5.41) is 2.79. The molecule has 0 saturated carbocycles. The second-order valence-corrected chi connectivity index (χ2v) is 2.84. The van der Waals surface area contributed by atoms with E-state index in [2.05, 4.69) is 10.3 Å². The van der Waals surface area contributed by atoms with Crippen LogP contribution in [0.15, 0.2) is 24.5 Å². The predicted molar refractivity (Wildman–Crippen MR) is 53.1 cm³/mol. The predicted octanol–water partition coefficient (Wildman–Crippen LogP) is 0.848. The number of hydrogen-bond donors (Lipinski definition) is 1. The Bertz CT molecular complexity index is 275. The van der Waals surface area contributed by atoms with E-state index < -0.39 is 0 Å². The highest BCUT2D eigenvalue weighted by molar-refractivity contribution is 5.93. The fourth-order valence-corrected chi connectivity index (χ4v) is 1.02. The molecule has 0 unspecified atom stereocenters. The summed E-state index contributed by atoms with van der Waals surface area (Å²) < 4.78 is 4.87. The molecular formula is C10H14N2O2. The summed E-state index contributed by atoms with van der Waals surface area (Å²) in [7, 11) is 1.64. The van der Waals surface area contributed by atoms with Crippen molar-refractivity contribution in [2.45, 2.75) is 6.42 Å². The lowest BCUT2D eigenvalue weighted by molar-refractivity contribution is 0.0948. The number of aromatic nitrogens is 1.